The van der Waals surface area contributed by atoms with Gasteiger partial charge in [-0.05, 0) is 39.5 Å². The van der Waals surface area contributed by atoms with Gasteiger partial charge in [0.1, 0.15) is 0 Å². The van der Waals surface area contributed by atoms with Crippen LogP contribution in [0, 0.1) is 5.92 Å². The summed E-state index contributed by atoms with van der Waals surface area (Å²) in [6.07, 6.45) is 9.19. The third-order valence-electron chi connectivity index (χ3n) is 1.70. The molecule has 78 valence electrons. The van der Waals surface area contributed by atoms with E-state index in [0.717, 1.165) is 5.92 Å². The fourth-order valence-corrected chi connectivity index (χ4v) is 1.06. The summed E-state index contributed by atoms with van der Waals surface area (Å²) in [4.78, 5) is 0. The quantitative estimate of drug-likeness (QED) is 0.538. The Labute approximate surface area is 84.7 Å². The molecule has 0 aromatic rings. The molecule has 0 heteroatoms. The lowest BCUT2D eigenvalue weighted by Gasteiger charge is -2.02. The average Bonchev–Trinajstić information content (AvgIpc) is 2.08. The topological polar surface area (TPSA) is 0 Å². The van der Waals surface area contributed by atoms with Crippen LogP contribution in [0.1, 0.15) is 54.4 Å². The van der Waals surface area contributed by atoms with E-state index in [1.807, 2.05) is 13.8 Å². The minimum atomic E-state index is 0.732. The summed E-state index contributed by atoms with van der Waals surface area (Å²) >= 11 is 0. The lowest BCUT2D eigenvalue weighted by molar-refractivity contribution is 0.655. The van der Waals surface area contributed by atoms with Crippen LogP contribution >= 0.6 is 0 Å². The highest BCUT2D eigenvalue weighted by Gasteiger charge is 1.93. The van der Waals surface area contributed by atoms with Crippen LogP contribution in [0.25, 0.3) is 0 Å². The molecule has 0 radical (unpaired) electrons. The minimum Gasteiger partial charge on any atom is -0.0914 e. The molecular formula is C13H26. The highest BCUT2D eigenvalue weighted by molar-refractivity contribution is 4.94. The zero-order valence-corrected chi connectivity index (χ0v) is 10.2. The maximum Gasteiger partial charge on any atom is -0.0259 e. The first-order chi connectivity index (χ1) is 6.16. The van der Waals surface area contributed by atoms with Crippen molar-refractivity contribution in [2.45, 2.75) is 54.4 Å². The summed E-state index contributed by atoms with van der Waals surface area (Å²) in [5.74, 6) is 0.732. The van der Waals surface area contributed by atoms with E-state index in [-0.39, 0.29) is 0 Å². The van der Waals surface area contributed by atoms with Crippen LogP contribution in [0.15, 0.2) is 23.8 Å². The first-order valence-electron chi connectivity index (χ1n) is 5.43. The second kappa shape index (κ2) is 11.5. The van der Waals surface area contributed by atoms with Gasteiger partial charge in [0.05, 0.1) is 0 Å². The molecule has 0 saturated heterocycles. The first-order valence-corrected chi connectivity index (χ1v) is 5.43. The van der Waals surface area contributed by atoms with Gasteiger partial charge >= 0.3 is 0 Å². The maximum absolute atomic E-state index is 2.31. The predicted molar refractivity (Wildman–Crippen MR) is 64.0 cm³/mol. The standard InChI is InChI=1S/C11H20.C2H6/c1-5-7-11(4)9-6-8-10(2)3;1-2/h5,7-8,11H,6,9H2,1-4H3;1-2H3/b7-5-;. The molecular weight excluding hydrogens is 156 g/mol. The van der Waals surface area contributed by atoms with Crippen molar-refractivity contribution < 1.29 is 0 Å². The van der Waals surface area contributed by atoms with Crippen LogP contribution in [0.4, 0.5) is 0 Å². The molecule has 0 heterocycles. The van der Waals surface area contributed by atoms with Crippen LogP contribution in [0.3, 0.4) is 0 Å². The summed E-state index contributed by atoms with van der Waals surface area (Å²) in [7, 11) is 0. The van der Waals surface area contributed by atoms with Crippen molar-refractivity contribution in [2.75, 3.05) is 0 Å². The zero-order valence-electron chi connectivity index (χ0n) is 10.2. The highest BCUT2D eigenvalue weighted by Crippen LogP contribution is 2.08. The van der Waals surface area contributed by atoms with E-state index in [0.29, 0.717) is 0 Å². The van der Waals surface area contributed by atoms with Crippen LogP contribution in [0.2, 0.25) is 0 Å². The largest absolute Gasteiger partial charge is 0.0914 e. The lowest BCUT2D eigenvalue weighted by Crippen LogP contribution is -1.87. The Kier molecular flexibility index (Phi) is 13.2. The second-order valence-corrected chi connectivity index (χ2v) is 3.36. The summed E-state index contributed by atoms with van der Waals surface area (Å²) in [6, 6.07) is 0. The van der Waals surface area contributed by atoms with Crippen molar-refractivity contribution in [1.82, 2.24) is 0 Å². The van der Waals surface area contributed by atoms with Crippen LogP contribution in [-0.4, -0.2) is 0 Å². The molecule has 1 unspecified atom stereocenters. The number of rotatable bonds is 4. The van der Waals surface area contributed by atoms with Crippen molar-refractivity contribution >= 4 is 0 Å². The van der Waals surface area contributed by atoms with E-state index >= 15 is 0 Å². The van der Waals surface area contributed by atoms with Gasteiger partial charge in [-0.2, -0.15) is 0 Å². The summed E-state index contributed by atoms with van der Waals surface area (Å²) in [5.41, 5.74) is 1.43. The fourth-order valence-electron chi connectivity index (χ4n) is 1.06. The van der Waals surface area contributed by atoms with E-state index in [4.69, 9.17) is 0 Å². The van der Waals surface area contributed by atoms with Gasteiger partial charge < -0.3 is 0 Å². The van der Waals surface area contributed by atoms with E-state index in [2.05, 4.69) is 45.9 Å². The van der Waals surface area contributed by atoms with E-state index in [1.54, 1.807) is 0 Å². The molecule has 0 aliphatic heterocycles. The Balaban J connectivity index is 0. The SMILES string of the molecule is C/C=C\C(C)CCC=C(C)C.CC. The Morgan fingerprint density at radius 3 is 2.15 bits per heavy atom. The highest BCUT2D eigenvalue weighted by atomic mass is 14.0. The van der Waals surface area contributed by atoms with Crippen molar-refractivity contribution in [1.29, 1.82) is 0 Å². The summed E-state index contributed by atoms with van der Waals surface area (Å²) in [6.45, 7) is 12.6. The van der Waals surface area contributed by atoms with Crippen molar-refractivity contribution in [2.24, 2.45) is 5.92 Å². The molecule has 0 fully saturated rings. The molecule has 0 saturated carbocycles. The molecule has 0 aliphatic carbocycles. The maximum atomic E-state index is 2.31. The number of hydrogen-bond acceptors (Lipinski definition) is 0. The lowest BCUT2D eigenvalue weighted by atomic mass is 10.0. The monoisotopic (exact) mass is 182 g/mol. The van der Waals surface area contributed by atoms with Crippen LogP contribution < -0.4 is 0 Å². The van der Waals surface area contributed by atoms with E-state index in [1.165, 1.54) is 18.4 Å². The van der Waals surface area contributed by atoms with Crippen LogP contribution in [0.5, 0.6) is 0 Å². The molecule has 13 heavy (non-hydrogen) atoms. The van der Waals surface area contributed by atoms with Gasteiger partial charge in [0, 0.05) is 0 Å². The summed E-state index contributed by atoms with van der Waals surface area (Å²) < 4.78 is 0. The summed E-state index contributed by atoms with van der Waals surface area (Å²) in [5, 5.41) is 0. The van der Waals surface area contributed by atoms with Crippen molar-refractivity contribution in [3.8, 4) is 0 Å². The van der Waals surface area contributed by atoms with Gasteiger partial charge in [-0.25, -0.2) is 0 Å². The number of hydrogen-bond donors (Lipinski definition) is 0. The molecule has 0 N–H and O–H groups in total. The second-order valence-electron chi connectivity index (χ2n) is 3.36. The molecule has 0 amide bonds. The van der Waals surface area contributed by atoms with Crippen LogP contribution in [-0.2, 0) is 0 Å². The van der Waals surface area contributed by atoms with Gasteiger partial charge in [0.2, 0.25) is 0 Å². The molecule has 0 spiro atoms. The van der Waals surface area contributed by atoms with Gasteiger partial charge in [0.15, 0.2) is 0 Å². The Morgan fingerprint density at radius 2 is 1.77 bits per heavy atom. The van der Waals surface area contributed by atoms with Gasteiger partial charge in [-0.1, -0.05) is 44.6 Å². The van der Waals surface area contributed by atoms with Gasteiger partial charge in [-0.3, -0.25) is 0 Å². The van der Waals surface area contributed by atoms with Crippen molar-refractivity contribution in [3.63, 3.8) is 0 Å². The molecule has 0 aromatic heterocycles. The zero-order chi connectivity index (χ0) is 10.7. The Morgan fingerprint density at radius 1 is 1.23 bits per heavy atom. The normalized spacial score (nSPS) is 11.8. The first kappa shape index (κ1) is 15.0. The molecule has 0 aromatic carbocycles. The molecule has 0 rings (SSSR count). The van der Waals surface area contributed by atoms with Gasteiger partial charge in [-0.15, -0.1) is 0 Å². The Hall–Kier alpha value is -0.520. The third kappa shape index (κ3) is 14.3. The van der Waals surface area contributed by atoms with E-state index < -0.39 is 0 Å². The van der Waals surface area contributed by atoms with Gasteiger partial charge in [0.25, 0.3) is 0 Å². The minimum absolute atomic E-state index is 0.732. The Bertz CT molecular complexity index is 136. The number of allylic oxidation sites excluding steroid dienone is 4. The molecule has 1 atom stereocenters. The molecule has 0 aliphatic rings. The molecule has 0 bridgehead atoms. The smallest absolute Gasteiger partial charge is 0.0259 e. The third-order valence-corrected chi connectivity index (χ3v) is 1.70. The molecule has 0 nitrogen and oxygen atoms in total. The average molecular weight is 182 g/mol. The van der Waals surface area contributed by atoms with Crippen molar-refractivity contribution in [3.05, 3.63) is 23.8 Å². The fraction of sp³-hybridized carbons (Fsp3) is 0.692. The van der Waals surface area contributed by atoms with E-state index in [9.17, 15) is 0 Å². The predicted octanol–water partition coefficient (Wildman–Crippen LogP) is 4.97.